The van der Waals surface area contributed by atoms with Crippen molar-refractivity contribution in [3.63, 3.8) is 0 Å². The number of carbonyl (C=O) groups is 2. The van der Waals surface area contributed by atoms with Gasteiger partial charge in [0.1, 0.15) is 11.5 Å². The Morgan fingerprint density at radius 1 is 1.28 bits per heavy atom. The Morgan fingerprint density at radius 2 is 2.00 bits per heavy atom. The molecule has 1 amide bonds. The molecule has 132 valence electrons. The molecule has 1 aliphatic heterocycles. The van der Waals surface area contributed by atoms with Gasteiger partial charge in [0.2, 0.25) is 0 Å². The number of hydrogen-bond acceptors (Lipinski definition) is 3. The van der Waals surface area contributed by atoms with Crippen molar-refractivity contribution in [3.05, 3.63) is 46.8 Å². The summed E-state index contributed by atoms with van der Waals surface area (Å²) in [6, 6.07) is 3.13. The molecule has 2 aromatic rings. The minimum Gasteiger partial charge on any atom is -0.481 e. The lowest BCUT2D eigenvalue weighted by Crippen LogP contribution is -2.30. The summed E-state index contributed by atoms with van der Waals surface area (Å²) in [6.07, 6.45) is 0.403. The SMILES string of the molecule is Cc1nn(-c2ccc(F)cc2F)c(C)c1C(=O)N1CC[C@@H](C(=O)O)C1. The van der Waals surface area contributed by atoms with Crippen molar-refractivity contribution in [2.75, 3.05) is 13.1 Å². The molecule has 0 spiro atoms. The number of benzene rings is 1. The Labute approximate surface area is 142 Å². The van der Waals surface area contributed by atoms with Crippen molar-refractivity contribution in [1.29, 1.82) is 0 Å². The summed E-state index contributed by atoms with van der Waals surface area (Å²) in [6.45, 7) is 3.75. The Balaban J connectivity index is 1.95. The van der Waals surface area contributed by atoms with Crippen molar-refractivity contribution >= 4 is 11.9 Å². The molecule has 1 atom stereocenters. The minimum absolute atomic E-state index is 0.0471. The van der Waals surface area contributed by atoms with Crippen LogP contribution in [0.15, 0.2) is 18.2 Å². The third-order valence-electron chi connectivity index (χ3n) is 4.47. The van der Waals surface area contributed by atoms with Gasteiger partial charge in [-0.05, 0) is 32.4 Å². The molecule has 1 aliphatic rings. The minimum atomic E-state index is -0.923. The quantitative estimate of drug-likeness (QED) is 0.923. The average Bonchev–Trinajstić information content (AvgIpc) is 3.13. The van der Waals surface area contributed by atoms with Crippen LogP contribution in [0.3, 0.4) is 0 Å². The first-order valence-electron chi connectivity index (χ1n) is 7.83. The van der Waals surface area contributed by atoms with Crippen LogP contribution in [0.25, 0.3) is 5.69 Å². The fourth-order valence-corrected chi connectivity index (χ4v) is 3.14. The number of nitrogens with zero attached hydrogens (tertiary/aromatic N) is 3. The van der Waals surface area contributed by atoms with Crippen molar-refractivity contribution in [1.82, 2.24) is 14.7 Å². The molecule has 0 radical (unpaired) electrons. The highest BCUT2D eigenvalue weighted by atomic mass is 19.1. The van der Waals surface area contributed by atoms with Crippen LogP contribution in [-0.4, -0.2) is 44.8 Å². The molecule has 1 fully saturated rings. The number of aliphatic carboxylic acids is 1. The predicted molar refractivity (Wildman–Crippen MR) is 84.6 cm³/mol. The second-order valence-corrected chi connectivity index (χ2v) is 6.13. The summed E-state index contributed by atoms with van der Waals surface area (Å²) < 4.78 is 28.4. The van der Waals surface area contributed by atoms with E-state index in [0.717, 1.165) is 12.1 Å². The van der Waals surface area contributed by atoms with Gasteiger partial charge in [-0.3, -0.25) is 9.59 Å². The number of carbonyl (C=O) groups excluding carboxylic acids is 1. The van der Waals surface area contributed by atoms with Crippen LogP contribution in [-0.2, 0) is 4.79 Å². The molecule has 0 aliphatic carbocycles. The molecule has 3 rings (SSSR count). The van der Waals surface area contributed by atoms with Crippen LogP contribution in [0.4, 0.5) is 8.78 Å². The van der Waals surface area contributed by atoms with Crippen LogP contribution in [0.5, 0.6) is 0 Å². The van der Waals surface area contributed by atoms with Crippen molar-refractivity contribution in [2.45, 2.75) is 20.3 Å². The van der Waals surface area contributed by atoms with E-state index in [4.69, 9.17) is 5.11 Å². The second kappa shape index (κ2) is 6.27. The Hall–Kier alpha value is -2.77. The number of rotatable bonds is 3. The average molecular weight is 349 g/mol. The maximum atomic E-state index is 14.0. The first kappa shape index (κ1) is 17.1. The molecular formula is C17H17F2N3O3. The normalized spacial score (nSPS) is 17.1. The van der Waals surface area contributed by atoms with Crippen molar-refractivity contribution in [3.8, 4) is 5.69 Å². The zero-order valence-electron chi connectivity index (χ0n) is 13.8. The Bertz CT molecular complexity index is 863. The van der Waals surface area contributed by atoms with Gasteiger partial charge < -0.3 is 10.0 Å². The molecule has 1 N–H and O–H groups in total. The third kappa shape index (κ3) is 2.99. The van der Waals surface area contributed by atoms with Gasteiger partial charge >= 0.3 is 5.97 Å². The maximum Gasteiger partial charge on any atom is 0.308 e. The molecule has 1 aromatic carbocycles. The summed E-state index contributed by atoms with van der Waals surface area (Å²) in [5, 5.41) is 13.3. The third-order valence-corrected chi connectivity index (χ3v) is 4.47. The van der Waals surface area contributed by atoms with Gasteiger partial charge in [-0.25, -0.2) is 13.5 Å². The topological polar surface area (TPSA) is 75.4 Å². The molecule has 0 bridgehead atoms. The van der Waals surface area contributed by atoms with Gasteiger partial charge in [-0.2, -0.15) is 5.10 Å². The summed E-state index contributed by atoms with van der Waals surface area (Å²) in [5.41, 5.74) is 1.19. The molecule has 0 unspecified atom stereocenters. The van der Waals surface area contributed by atoms with E-state index in [0.29, 0.717) is 29.9 Å². The fraction of sp³-hybridized carbons (Fsp3) is 0.353. The van der Waals surface area contributed by atoms with Gasteiger partial charge in [-0.15, -0.1) is 0 Å². The van der Waals surface area contributed by atoms with Crippen LogP contribution < -0.4 is 0 Å². The highest BCUT2D eigenvalue weighted by molar-refractivity contribution is 5.97. The van der Waals surface area contributed by atoms with E-state index < -0.39 is 23.5 Å². The van der Waals surface area contributed by atoms with E-state index in [1.807, 2.05) is 0 Å². The number of halogens is 2. The van der Waals surface area contributed by atoms with E-state index in [9.17, 15) is 18.4 Å². The summed E-state index contributed by atoms with van der Waals surface area (Å²) in [4.78, 5) is 25.3. The van der Waals surface area contributed by atoms with E-state index in [2.05, 4.69) is 5.10 Å². The van der Waals surface area contributed by atoms with E-state index in [1.54, 1.807) is 13.8 Å². The zero-order chi connectivity index (χ0) is 18.3. The van der Waals surface area contributed by atoms with Crippen molar-refractivity contribution < 1.29 is 23.5 Å². The first-order valence-corrected chi connectivity index (χ1v) is 7.83. The molecule has 1 saturated heterocycles. The lowest BCUT2D eigenvalue weighted by Gasteiger charge is -2.16. The first-order chi connectivity index (χ1) is 11.8. The summed E-state index contributed by atoms with van der Waals surface area (Å²) in [5.74, 6) is -3.30. The van der Waals surface area contributed by atoms with Crippen LogP contribution >= 0.6 is 0 Å². The Morgan fingerprint density at radius 3 is 2.60 bits per heavy atom. The highest BCUT2D eigenvalue weighted by Crippen LogP contribution is 2.25. The number of aromatic nitrogens is 2. The van der Waals surface area contributed by atoms with Gasteiger partial charge in [0.05, 0.1) is 22.9 Å². The van der Waals surface area contributed by atoms with Crippen LogP contribution in [0.1, 0.15) is 28.2 Å². The van der Waals surface area contributed by atoms with Gasteiger partial charge in [0.15, 0.2) is 5.82 Å². The molecule has 2 heterocycles. The van der Waals surface area contributed by atoms with Crippen LogP contribution in [0, 0.1) is 31.4 Å². The Kier molecular flexibility index (Phi) is 4.28. The monoisotopic (exact) mass is 349 g/mol. The molecule has 8 heteroatoms. The van der Waals surface area contributed by atoms with Gasteiger partial charge in [0.25, 0.3) is 5.91 Å². The van der Waals surface area contributed by atoms with E-state index in [1.165, 1.54) is 15.6 Å². The standard InChI is InChI=1S/C17H17F2N3O3/c1-9-15(16(23)21-6-5-11(8-21)17(24)25)10(2)22(20-9)14-4-3-12(18)7-13(14)19/h3-4,7,11H,5-6,8H2,1-2H3,(H,24,25)/t11-/m1/s1. The fourth-order valence-electron chi connectivity index (χ4n) is 3.14. The number of carboxylic acid groups (broad SMARTS) is 1. The molecule has 0 saturated carbocycles. The molecule has 25 heavy (non-hydrogen) atoms. The largest absolute Gasteiger partial charge is 0.481 e. The molecule has 6 nitrogen and oxygen atoms in total. The number of carboxylic acids is 1. The lowest BCUT2D eigenvalue weighted by atomic mass is 10.1. The molecular weight excluding hydrogens is 332 g/mol. The highest BCUT2D eigenvalue weighted by Gasteiger charge is 2.33. The number of amides is 1. The number of likely N-dealkylation sites (tertiary alicyclic amines) is 1. The summed E-state index contributed by atoms with van der Waals surface area (Å²) >= 11 is 0. The summed E-state index contributed by atoms with van der Waals surface area (Å²) in [7, 11) is 0. The second-order valence-electron chi connectivity index (χ2n) is 6.13. The van der Waals surface area contributed by atoms with Crippen molar-refractivity contribution in [2.24, 2.45) is 5.92 Å². The maximum absolute atomic E-state index is 14.0. The van der Waals surface area contributed by atoms with Gasteiger partial charge in [-0.1, -0.05) is 0 Å². The smallest absolute Gasteiger partial charge is 0.308 e. The van der Waals surface area contributed by atoms with Gasteiger partial charge in [0, 0.05) is 19.2 Å². The number of hydrogen-bond donors (Lipinski definition) is 1. The van der Waals surface area contributed by atoms with E-state index in [-0.39, 0.29) is 18.1 Å². The van der Waals surface area contributed by atoms with E-state index >= 15 is 0 Å². The predicted octanol–water partition coefficient (Wildman–Crippen LogP) is 2.31. The number of aryl methyl sites for hydroxylation is 1. The lowest BCUT2D eigenvalue weighted by molar-refractivity contribution is -0.141. The zero-order valence-corrected chi connectivity index (χ0v) is 13.8. The molecule has 1 aromatic heterocycles. The van der Waals surface area contributed by atoms with Crippen LogP contribution in [0.2, 0.25) is 0 Å².